The Bertz CT molecular complexity index is 1300. The lowest BCUT2D eigenvalue weighted by atomic mass is 9.56. The Balaban J connectivity index is 1.29. The molecular weight excluding hydrogens is 504 g/mol. The first kappa shape index (κ1) is 28.0. The van der Waals surface area contributed by atoms with Crippen LogP contribution in [0, 0.1) is 12.3 Å². The molecule has 214 valence electrons. The monoisotopic (exact) mass is 546 g/mol. The van der Waals surface area contributed by atoms with E-state index in [9.17, 15) is 9.59 Å². The number of rotatable bonds is 8. The summed E-state index contributed by atoms with van der Waals surface area (Å²) in [6.45, 7) is 9.34. The van der Waals surface area contributed by atoms with Gasteiger partial charge >= 0.3 is 0 Å². The van der Waals surface area contributed by atoms with Crippen molar-refractivity contribution < 1.29 is 14.3 Å². The SMILES string of the molecule is C=C/C=C(/c1ccc(OC)c(NC)c1)n1nc(C(=O)NC23CCC(C(=O)N4CCN(C)CC4)(CC2)CC3)cc1C. The molecule has 1 aliphatic heterocycles. The number of likely N-dealkylation sites (N-methyl/N-ethyl adjacent to an activating group) is 1. The second kappa shape index (κ2) is 11.1. The van der Waals surface area contributed by atoms with Crippen molar-refractivity contribution in [3.05, 3.63) is 59.9 Å². The van der Waals surface area contributed by atoms with Crippen molar-refractivity contribution in [1.82, 2.24) is 24.9 Å². The summed E-state index contributed by atoms with van der Waals surface area (Å²) in [6, 6.07) is 7.70. The molecule has 9 heteroatoms. The van der Waals surface area contributed by atoms with Gasteiger partial charge in [0.15, 0.2) is 5.69 Å². The van der Waals surface area contributed by atoms with Gasteiger partial charge in [-0.15, -0.1) is 0 Å². The highest BCUT2D eigenvalue weighted by Crippen LogP contribution is 2.53. The second-order valence-corrected chi connectivity index (χ2v) is 11.6. The van der Waals surface area contributed by atoms with Crippen LogP contribution in [0.15, 0.2) is 43.0 Å². The maximum atomic E-state index is 13.5. The predicted octanol–water partition coefficient (Wildman–Crippen LogP) is 3.91. The lowest BCUT2D eigenvalue weighted by molar-refractivity contribution is -0.151. The standard InChI is InChI=1S/C31H42N6O3/c1-6-7-26(23-8-9-27(40-5)24(21-23)32-3)37-22(2)20-25(34-37)28(38)33-31-13-10-30(11-14-31,12-15-31)29(39)36-18-16-35(4)17-19-36/h6-9,20-21,32H,1,10-19H2,2-5H3,(H,33,38)/b26-7-. The molecule has 40 heavy (non-hydrogen) atoms. The van der Waals surface area contributed by atoms with E-state index in [1.165, 1.54) is 0 Å². The third-order valence-corrected chi connectivity index (χ3v) is 9.26. The van der Waals surface area contributed by atoms with Crippen LogP contribution in [0.25, 0.3) is 5.70 Å². The number of hydrogen-bond donors (Lipinski definition) is 2. The molecule has 2 aromatic rings. The molecule has 1 aromatic heterocycles. The molecule has 1 saturated heterocycles. The van der Waals surface area contributed by atoms with Gasteiger partial charge in [0.05, 0.1) is 18.5 Å². The normalized spacial score (nSPS) is 25.0. The maximum absolute atomic E-state index is 13.5. The van der Waals surface area contributed by atoms with E-state index < -0.39 is 0 Å². The fourth-order valence-electron chi connectivity index (χ4n) is 6.64. The van der Waals surface area contributed by atoms with Gasteiger partial charge in [-0.2, -0.15) is 5.10 Å². The van der Waals surface area contributed by atoms with Gasteiger partial charge in [-0.05, 0) is 82.8 Å². The molecule has 1 aromatic carbocycles. The molecule has 2 bridgehead atoms. The van der Waals surface area contributed by atoms with Gasteiger partial charge in [0.1, 0.15) is 5.75 Å². The zero-order valence-corrected chi connectivity index (χ0v) is 24.3. The second-order valence-electron chi connectivity index (χ2n) is 11.6. The maximum Gasteiger partial charge on any atom is 0.272 e. The highest BCUT2D eigenvalue weighted by molar-refractivity contribution is 5.93. The molecule has 0 spiro atoms. The molecule has 0 atom stereocenters. The number of benzene rings is 1. The average molecular weight is 547 g/mol. The van der Waals surface area contributed by atoms with E-state index in [0.717, 1.165) is 93.1 Å². The minimum Gasteiger partial charge on any atom is -0.495 e. The number of amides is 2. The van der Waals surface area contributed by atoms with Crippen molar-refractivity contribution in [1.29, 1.82) is 0 Å². The Kier molecular flexibility index (Phi) is 7.77. The summed E-state index contributed by atoms with van der Waals surface area (Å²) in [6.07, 6.45) is 8.61. The number of methoxy groups -OCH3 is 1. The number of nitrogens with one attached hydrogen (secondary N) is 2. The molecule has 0 radical (unpaired) electrons. The predicted molar refractivity (Wildman–Crippen MR) is 157 cm³/mol. The molecule has 4 aliphatic rings. The molecule has 2 heterocycles. The fourth-order valence-corrected chi connectivity index (χ4v) is 6.64. The Labute approximate surface area is 237 Å². The van der Waals surface area contributed by atoms with Crippen LogP contribution in [0.4, 0.5) is 5.69 Å². The Morgan fingerprint density at radius 2 is 1.73 bits per heavy atom. The van der Waals surface area contributed by atoms with Crippen molar-refractivity contribution in [2.75, 3.05) is 52.7 Å². The number of nitrogens with zero attached hydrogens (tertiary/aromatic N) is 4. The largest absolute Gasteiger partial charge is 0.495 e. The number of hydrogen-bond acceptors (Lipinski definition) is 6. The molecule has 3 aliphatic carbocycles. The van der Waals surface area contributed by atoms with Crippen LogP contribution in [0.3, 0.4) is 0 Å². The quantitative estimate of drug-likeness (QED) is 0.488. The van der Waals surface area contributed by atoms with Crippen molar-refractivity contribution in [2.45, 2.75) is 51.0 Å². The summed E-state index contributed by atoms with van der Waals surface area (Å²) in [5, 5.41) is 11.2. The lowest BCUT2D eigenvalue weighted by Crippen LogP contribution is -2.61. The van der Waals surface area contributed by atoms with E-state index in [2.05, 4.69) is 34.1 Å². The van der Waals surface area contributed by atoms with Crippen LogP contribution in [0.5, 0.6) is 5.75 Å². The molecule has 3 saturated carbocycles. The number of aromatic nitrogens is 2. The molecule has 0 unspecified atom stereocenters. The van der Waals surface area contributed by atoms with Gasteiger partial charge in [0, 0.05) is 55.4 Å². The van der Waals surface area contributed by atoms with Crippen molar-refractivity contribution in [3.63, 3.8) is 0 Å². The molecule has 2 amide bonds. The van der Waals surface area contributed by atoms with E-state index in [1.807, 2.05) is 44.3 Å². The zero-order valence-electron chi connectivity index (χ0n) is 24.3. The minimum absolute atomic E-state index is 0.162. The molecule has 2 N–H and O–H groups in total. The number of ether oxygens (including phenoxy) is 1. The third kappa shape index (κ3) is 5.14. The zero-order chi connectivity index (χ0) is 28.5. The number of fused-ring (bicyclic) bond motifs is 3. The first-order valence-electron chi connectivity index (χ1n) is 14.3. The molecular formula is C31H42N6O3. The van der Waals surface area contributed by atoms with E-state index >= 15 is 0 Å². The van der Waals surface area contributed by atoms with E-state index in [4.69, 9.17) is 9.84 Å². The topological polar surface area (TPSA) is 91.7 Å². The first-order valence-corrected chi connectivity index (χ1v) is 14.3. The van der Waals surface area contributed by atoms with Gasteiger partial charge < -0.3 is 25.2 Å². The smallest absolute Gasteiger partial charge is 0.272 e. The number of carbonyl (C=O) groups excluding carboxylic acids is 2. The Morgan fingerprint density at radius 1 is 1.05 bits per heavy atom. The lowest BCUT2D eigenvalue weighted by Gasteiger charge is -2.54. The highest BCUT2D eigenvalue weighted by Gasteiger charge is 2.54. The van der Waals surface area contributed by atoms with Crippen LogP contribution in [0.1, 0.15) is 60.3 Å². The third-order valence-electron chi connectivity index (χ3n) is 9.26. The van der Waals surface area contributed by atoms with Crippen LogP contribution < -0.4 is 15.4 Å². The van der Waals surface area contributed by atoms with E-state index in [0.29, 0.717) is 11.6 Å². The summed E-state index contributed by atoms with van der Waals surface area (Å²) < 4.78 is 7.23. The van der Waals surface area contributed by atoms with Gasteiger partial charge in [0.2, 0.25) is 5.91 Å². The van der Waals surface area contributed by atoms with Gasteiger partial charge in [-0.1, -0.05) is 12.7 Å². The Hall–Kier alpha value is -3.59. The van der Waals surface area contributed by atoms with Gasteiger partial charge in [0.25, 0.3) is 5.91 Å². The molecule has 6 rings (SSSR count). The first-order chi connectivity index (χ1) is 19.2. The van der Waals surface area contributed by atoms with Crippen LogP contribution in [-0.2, 0) is 4.79 Å². The number of carbonyl (C=O) groups is 2. The number of allylic oxidation sites excluding steroid dienone is 2. The van der Waals surface area contributed by atoms with Crippen LogP contribution in [-0.4, -0.2) is 84.3 Å². The van der Waals surface area contributed by atoms with Gasteiger partial charge in [-0.25, -0.2) is 4.68 Å². The number of piperazine rings is 1. The summed E-state index contributed by atoms with van der Waals surface area (Å²) >= 11 is 0. The summed E-state index contributed by atoms with van der Waals surface area (Å²) in [5.41, 5.74) is 3.30. The summed E-state index contributed by atoms with van der Waals surface area (Å²) in [7, 11) is 5.60. The van der Waals surface area contributed by atoms with Gasteiger partial charge in [-0.3, -0.25) is 9.59 Å². The van der Waals surface area contributed by atoms with Crippen molar-refractivity contribution in [2.24, 2.45) is 5.41 Å². The van der Waals surface area contributed by atoms with E-state index in [-0.39, 0.29) is 16.9 Å². The fraction of sp³-hybridized carbons (Fsp3) is 0.516. The van der Waals surface area contributed by atoms with Crippen LogP contribution in [0.2, 0.25) is 0 Å². The van der Waals surface area contributed by atoms with Crippen molar-refractivity contribution in [3.8, 4) is 5.75 Å². The average Bonchev–Trinajstić information content (AvgIpc) is 3.37. The van der Waals surface area contributed by atoms with Crippen molar-refractivity contribution >= 4 is 23.2 Å². The van der Waals surface area contributed by atoms with E-state index in [1.54, 1.807) is 17.9 Å². The molecule has 9 nitrogen and oxygen atoms in total. The molecule has 4 fully saturated rings. The number of aryl methyl sites for hydroxylation is 1. The number of anilines is 1. The summed E-state index contributed by atoms with van der Waals surface area (Å²) in [5.74, 6) is 0.913. The summed E-state index contributed by atoms with van der Waals surface area (Å²) in [4.78, 5) is 31.4. The van der Waals surface area contributed by atoms with Crippen LogP contribution >= 0.6 is 0 Å². The highest BCUT2D eigenvalue weighted by atomic mass is 16.5. The minimum atomic E-state index is -0.267. The Morgan fingerprint density at radius 3 is 2.33 bits per heavy atom.